The molecule has 0 fully saturated rings. The van der Waals surface area contributed by atoms with E-state index in [9.17, 15) is 0 Å². The van der Waals surface area contributed by atoms with E-state index in [1.165, 1.54) is 11.3 Å². The third-order valence-electron chi connectivity index (χ3n) is 2.39. The maximum atomic E-state index is 6.02. The molecule has 90 valence electrons. The summed E-state index contributed by atoms with van der Waals surface area (Å²) in [6, 6.07) is 6.03. The molecule has 1 aromatic rings. The summed E-state index contributed by atoms with van der Waals surface area (Å²) >= 11 is 6.02. The Balaban J connectivity index is 2.72. The lowest BCUT2D eigenvalue weighted by Crippen LogP contribution is -2.21. The maximum absolute atomic E-state index is 6.02. The lowest BCUT2D eigenvalue weighted by atomic mass is 10.1. The van der Waals surface area contributed by atoms with Crippen molar-refractivity contribution >= 4 is 17.3 Å². The highest BCUT2D eigenvalue weighted by molar-refractivity contribution is 6.30. The van der Waals surface area contributed by atoms with Crippen molar-refractivity contribution in [1.29, 1.82) is 0 Å². The molecule has 1 rings (SSSR count). The van der Waals surface area contributed by atoms with Crippen molar-refractivity contribution in [3.05, 3.63) is 28.8 Å². The second-order valence-corrected chi connectivity index (χ2v) is 5.13. The number of rotatable bonds is 5. The minimum absolute atomic E-state index is 0.669. The van der Waals surface area contributed by atoms with Crippen LogP contribution in [0, 0.1) is 5.92 Å². The smallest absolute Gasteiger partial charge is 0.0410 e. The zero-order valence-electron chi connectivity index (χ0n) is 10.5. The molecule has 0 bridgehead atoms. The minimum atomic E-state index is 0.669. The van der Waals surface area contributed by atoms with Gasteiger partial charge >= 0.3 is 0 Å². The molecule has 3 heteroatoms. The van der Waals surface area contributed by atoms with E-state index in [0.717, 1.165) is 18.1 Å². The van der Waals surface area contributed by atoms with Gasteiger partial charge in [0.2, 0.25) is 0 Å². The Bertz CT molecular complexity index is 335. The van der Waals surface area contributed by atoms with E-state index >= 15 is 0 Å². The summed E-state index contributed by atoms with van der Waals surface area (Å²) in [7, 11) is 4.10. The van der Waals surface area contributed by atoms with Crippen LogP contribution >= 0.6 is 11.6 Å². The molecule has 0 aliphatic rings. The molecule has 0 aliphatic heterocycles. The van der Waals surface area contributed by atoms with Gasteiger partial charge in [-0.2, -0.15) is 0 Å². The molecule has 0 unspecified atom stereocenters. The summed E-state index contributed by atoms with van der Waals surface area (Å²) in [4.78, 5) is 2.11. The van der Waals surface area contributed by atoms with E-state index < -0.39 is 0 Å². The molecular weight excluding hydrogens is 220 g/mol. The zero-order valence-corrected chi connectivity index (χ0v) is 11.3. The predicted molar refractivity (Wildman–Crippen MR) is 72.3 cm³/mol. The number of nitrogens with zero attached hydrogens (tertiary/aromatic N) is 1. The van der Waals surface area contributed by atoms with Gasteiger partial charge in [-0.25, -0.2) is 0 Å². The molecule has 1 aromatic carbocycles. The third-order valence-corrected chi connectivity index (χ3v) is 2.63. The molecule has 0 radical (unpaired) electrons. The first-order valence-corrected chi connectivity index (χ1v) is 6.05. The number of benzene rings is 1. The molecule has 2 nitrogen and oxygen atoms in total. The van der Waals surface area contributed by atoms with E-state index in [2.05, 4.69) is 44.2 Å². The number of anilines is 1. The number of nitrogens with one attached hydrogen (secondary N) is 1. The Morgan fingerprint density at radius 2 is 2.00 bits per heavy atom. The average Bonchev–Trinajstić information content (AvgIpc) is 2.16. The molecule has 1 N–H and O–H groups in total. The summed E-state index contributed by atoms with van der Waals surface area (Å²) in [6.45, 7) is 6.31. The quantitative estimate of drug-likeness (QED) is 0.851. The third kappa shape index (κ3) is 4.03. The number of hydrogen-bond donors (Lipinski definition) is 1. The van der Waals surface area contributed by atoms with Gasteiger partial charge in [0.05, 0.1) is 0 Å². The van der Waals surface area contributed by atoms with Crippen LogP contribution < -0.4 is 10.2 Å². The summed E-state index contributed by atoms with van der Waals surface area (Å²) in [5.41, 5.74) is 2.47. The summed E-state index contributed by atoms with van der Waals surface area (Å²) < 4.78 is 0. The zero-order chi connectivity index (χ0) is 12.1. The fraction of sp³-hybridized carbons (Fsp3) is 0.538. The van der Waals surface area contributed by atoms with Crippen LogP contribution in [-0.2, 0) is 6.54 Å². The van der Waals surface area contributed by atoms with E-state index in [0.29, 0.717) is 5.92 Å². The Morgan fingerprint density at radius 1 is 1.31 bits per heavy atom. The van der Waals surface area contributed by atoms with Crippen LogP contribution in [0.3, 0.4) is 0 Å². The van der Waals surface area contributed by atoms with Crippen molar-refractivity contribution in [2.45, 2.75) is 20.4 Å². The van der Waals surface area contributed by atoms with Crippen molar-refractivity contribution in [1.82, 2.24) is 5.32 Å². The number of halogens is 1. The molecule has 16 heavy (non-hydrogen) atoms. The molecular formula is C13H21ClN2. The van der Waals surface area contributed by atoms with Crippen molar-refractivity contribution in [3.8, 4) is 0 Å². The standard InChI is InChI=1S/C13H21ClN2/c1-10(2)8-15-9-11-7-12(14)5-6-13(11)16(3)4/h5-7,10,15H,8-9H2,1-4H3. The molecule has 0 spiro atoms. The van der Waals surface area contributed by atoms with Crippen LogP contribution in [0.25, 0.3) is 0 Å². The molecule has 0 amide bonds. The highest BCUT2D eigenvalue weighted by Crippen LogP contribution is 2.22. The van der Waals surface area contributed by atoms with Crippen LogP contribution in [0.2, 0.25) is 5.02 Å². The highest BCUT2D eigenvalue weighted by Gasteiger charge is 2.05. The molecule has 0 aliphatic carbocycles. The predicted octanol–water partition coefficient (Wildman–Crippen LogP) is 3.15. The van der Waals surface area contributed by atoms with Crippen molar-refractivity contribution < 1.29 is 0 Å². The van der Waals surface area contributed by atoms with Crippen molar-refractivity contribution in [3.63, 3.8) is 0 Å². The maximum Gasteiger partial charge on any atom is 0.0410 e. The summed E-state index contributed by atoms with van der Waals surface area (Å²) in [5.74, 6) is 0.669. The Labute approximate surface area is 104 Å². The van der Waals surface area contributed by atoms with Crippen LogP contribution in [0.15, 0.2) is 18.2 Å². The summed E-state index contributed by atoms with van der Waals surface area (Å²) in [6.07, 6.45) is 0. The van der Waals surface area contributed by atoms with Gasteiger partial charge in [-0.05, 0) is 36.2 Å². The first-order valence-electron chi connectivity index (χ1n) is 5.67. The van der Waals surface area contributed by atoms with Gasteiger partial charge in [-0.15, -0.1) is 0 Å². The van der Waals surface area contributed by atoms with Crippen LogP contribution in [0.5, 0.6) is 0 Å². The monoisotopic (exact) mass is 240 g/mol. The van der Waals surface area contributed by atoms with Gasteiger partial charge in [-0.1, -0.05) is 25.4 Å². The first-order chi connectivity index (χ1) is 7.50. The molecule has 0 atom stereocenters. The van der Waals surface area contributed by atoms with E-state index in [1.54, 1.807) is 0 Å². The van der Waals surface area contributed by atoms with Gasteiger partial charge < -0.3 is 10.2 Å². The van der Waals surface area contributed by atoms with E-state index in [4.69, 9.17) is 11.6 Å². The normalized spacial score (nSPS) is 10.9. The highest BCUT2D eigenvalue weighted by atomic mass is 35.5. The van der Waals surface area contributed by atoms with Gasteiger partial charge in [0, 0.05) is 31.4 Å². The fourth-order valence-electron chi connectivity index (χ4n) is 1.63. The average molecular weight is 241 g/mol. The molecule has 0 heterocycles. The molecule has 0 saturated heterocycles. The van der Waals surface area contributed by atoms with Gasteiger partial charge in [0.1, 0.15) is 0 Å². The van der Waals surface area contributed by atoms with Crippen molar-refractivity contribution in [2.24, 2.45) is 5.92 Å². The van der Waals surface area contributed by atoms with Gasteiger partial charge in [0.15, 0.2) is 0 Å². The Morgan fingerprint density at radius 3 is 2.56 bits per heavy atom. The SMILES string of the molecule is CC(C)CNCc1cc(Cl)ccc1N(C)C. The number of hydrogen-bond acceptors (Lipinski definition) is 2. The summed E-state index contributed by atoms with van der Waals surface area (Å²) in [5, 5.41) is 4.24. The Kier molecular flexibility index (Phi) is 5.10. The first kappa shape index (κ1) is 13.3. The Hall–Kier alpha value is -0.730. The molecule has 0 aromatic heterocycles. The lowest BCUT2D eigenvalue weighted by molar-refractivity contribution is 0.552. The van der Waals surface area contributed by atoms with E-state index in [1.807, 2.05) is 12.1 Å². The van der Waals surface area contributed by atoms with E-state index in [-0.39, 0.29) is 0 Å². The topological polar surface area (TPSA) is 15.3 Å². The molecule has 0 saturated carbocycles. The van der Waals surface area contributed by atoms with Crippen LogP contribution in [0.1, 0.15) is 19.4 Å². The largest absolute Gasteiger partial charge is 0.377 e. The van der Waals surface area contributed by atoms with Crippen LogP contribution in [-0.4, -0.2) is 20.6 Å². The van der Waals surface area contributed by atoms with Crippen molar-refractivity contribution in [2.75, 3.05) is 25.5 Å². The van der Waals surface area contributed by atoms with Crippen LogP contribution in [0.4, 0.5) is 5.69 Å². The fourth-order valence-corrected chi connectivity index (χ4v) is 1.82. The van der Waals surface area contributed by atoms with Gasteiger partial charge in [-0.3, -0.25) is 0 Å². The lowest BCUT2D eigenvalue weighted by Gasteiger charge is -2.18. The second-order valence-electron chi connectivity index (χ2n) is 4.69. The second kappa shape index (κ2) is 6.12. The minimum Gasteiger partial charge on any atom is -0.377 e. The van der Waals surface area contributed by atoms with Gasteiger partial charge in [0.25, 0.3) is 0 Å².